The van der Waals surface area contributed by atoms with E-state index in [9.17, 15) is 14.4 Å². The number of hydrogen-bond acceptors (Lipinski definition) is 5. The first-order chi connectivity index (χ1) is 12.9. The summed E-state index contributed by atoms with van der Waals surface area (Å²) in [5.74, 6) is -1.07. The summed E-state index contributed by atoms with van der Waals surface area (Å²) in [5.41, 5.74) is 0.182. The van der Waals surface area contributed by atoms with Gasteiger partial charge in [-0.05, 0) is 32.0 Å². The Labute approximate surface area is 163 Å². The number of fused-ring (bicyclic) bond motifs is 1. The van der Waals surface area contributed by atoms with E-state index in [0.717, 1.165) is 4.47 Å². The van der Waals surface area contributed by atoms with Gasteiger partial charge >= 0.3 is 5.97 Å². The lowest BCUT2D eigenvalue weighted by Crippen LogP contribution is -2.28. The molecule has 2 aromatic carbocycles. The number of nitrogens with zero attached hydrogens (tertiary/aromatic N) is 2. The number of rotatable bonds is 5. The van der Waals surface area contributed by atoms with E-state index in [2.05, 4.69) is 21.0 Å². The van der Waals surface area contributed by atoms with Gasteiger partial charge in [-0.1, -0.05) is 46.3 Å². The first-order valence-electron chi connectivity index (χ1n) is 8.36. The van der Waals surface area contributed by atoms with Crippen LogP contribution >= 0.6 is 15.9 Å². The van der Waals surface area contributed by atoms with Crippen molar-refractivity contribution in [2.45, 2.75) is 19.9 Å². The third-order valence-electron chi connectivity index (χ3n) is 4.01. The summed E-state index contributed by atoms with van der Waals surface area (Å²) >= 11 is 3.30. The molecule has 1 aromatic heterocycles. The van der Waals surface area contributed by atoms with Crippen molar-refractivity contribution in [2.75, 3.05) is 6.61 Å². The summed E-state index contributed by atoms with van der Waals surface area (Å²) in [4.78, 5) is 37.3. The molecule has 0 saturated heterocycles. The molecule has 27 heavy (non-hydrogen) atoms. The normalized spacial score (nSPS) is 11.0. The van der Waals surface area contributed by atoms with Crippen LogP contribution in [-0.4, -0.2) is 28.1 Å². The third-order valence-corrected chi connectivity index (χ3v) is 4.54. The van der Waals surface area contributed by atoms with Gasteiger partial charge in [0.05, 0.1) is 11.4 Å². The first-order valence-corrected chi connectivity index (χ1v) is 9.15. The van der Waals surface area contributed by atoms with Gasteiger partial charge in [0.1, 0.15) is 0 Å². The van der Waals surface area contributed by atoms with Gasteiger partial charge in [-0.25, -0.2) is 9.48 Å². The van der Waals surface area contributed by atoms with Gasteiger partial charge in [-0.2, -0.15) is 5.10 Å². The second kappa shape index (κ2) is 7.84. The van der Waals surface area contributed by atoms with Gasteiger partial charge in [0.2, 0.25) is 0 Å². The zero-order chi connectivity index (χ0) is 19.6. The number of ether oxygens (including phenoxy) is 1. The van der Waals surface area contributed by atoms with Crippen LogP contribution in [0.2, 0.25) is 0 Å². The molecule has 0 aliphatic heterocycles. The molecule has 138 valence electrons. The quantitative estimate of drug-likeness (QED) is 0.456. The molecule has 6 nitrogen and oxygen atoms in total. The van der Waals surface area contributed by atoms with Crippen LogP contribution in [0, 0.1) is 0 Å². The maximum Gasteiger partial charge on any atom is 0.359 e. The Bertz CT molecular complexity index is 1070. The fourth-order valence-electron chi connectivity index (χ4n) is 2.63. The minimum Gasteiger partial charge on any atom is -0.452 e. The molecular weight excluding hydrogens is 412 g/mol. The van der Waals surface area contributed by atoms with Crippen LogP contribution in [0.1, 0.15) is 40.7 Å². The molecule has 0 unspecified atom stereocenters. The van der Waals surface area contributed by atoms with Crippen LogP contribution in [0.3, 0.4) is 0 Å². The average molecular weight is 429 g/mol. The van der Waals surface area contributed by atoms with Crippen molar-refractivity contribution < 1.29 is 14.3 Å². The summed E-state index contributed by atoms with van der Waals surface area (Å²) < 4.78 is 7.27. The van der Waals surface area contributed by atoms with Crippen molar-refractivity contribution in [3.05, 3.63) is 74.6 Å². The predicted octanol–water partition coefficient (Wildman–Crippen LogP) is 3.78. The van der Waals surface area contributed by atoms with E-state index in [4.69, 9.17) is 4.74 Å². The van der Waals surface area contributed by atoms with Gasteiger partial charge in [-0.15, -0.1) is 0 Å². The van der Waals surface area contributed by atoms with E-state index in [1.54, 1.807) is 62.4 Å². The van der Waals surface area contributed by atoms with Crippen molar-refractivity contribution in [1.29, 1.82) is 0 Å². The van der Waals surface area contributed by atoms with Crippen molar-refractivity contribution in [3.8, 4) is 0 Å². The Kier molecular flexibility index (Phi) is 5.51. The van der Waals surface area contributed by atoms with E-state index < -0.39 is 12.6 Å². The van der Waals surface area contributed by atoms with Crippen LogP contribution in [0.4, 0.5) is 0 Å². The standard InChI is InChI=1S/C20H17BrN2O4/c1-12(2)23-19(25)16-6-4-3-5-15(16)18(22-23)20(26)27-11-17(24)13-7-9-14(21)10-8-13/h3-10,12H,11H2,1-2H3. The molecule has 0 N–H and O–H groups in total. The third kappa shape index (κ3) is 3.98. The Morgan fingerprint density at radius 2 is 1.70 bits per heavy atom. The molecule has 0 spiro atoms. The minimum atomic E-state index is -0.744. The minimum absolute atomic E-state index is 0.0162. The van der Waals surface area contributed by atoms with Crippen molar-refractivity contribution in [3.63, 3.8) is 0 Å². The molecule has 7 heteroatoms. The predicted molar refractivity (Wildman–Crippen MR) is 105 cm³/mol. The monoisotopic (exact) mass is 428 g/mol. The molecule has 0 amide bonds. The Balaban J connectivity index is 1.89. The van der Waals surface area contributed by atoms with E-state index >= 15 is 0 Å². The van der Waals surface area contributed by atoms with Gasteiger partial charge in [0.15, 0.2) is 18.1 Å². The lowest BCUT2D eigenvalue weighted by Gasteiger charge is -2.13. The Morgan fingerprint density at radius 3 is 2.33 bits per heavy atom. The van der Waals surface area contributed by atoms with Gasteiger partial charge in [-0.3, -0.25) is 9.59 Å². The molecule has 0 aliphatic carbocycles. The van der Waals surface area contributed by atoms with E-state index in [-0.39, 0.29) is 23.1 Å². The summed E-state index contributed by atoms with van der Waals surface area (Å²) in [6.07, 6.45) is 0. The highest BCUT2D eigenvalue weighted by Crippen LogP contribution is 2.16. The summed E-state index contributed by atoms with van der Waals surface area (Å²) in [6.45, 7) is 3.20. The number of esters is 1. The maximum absolute atomic E-state index is 12.6. The van der Waals surface area contributed by atoms with Crippen LogP contribution in [0.15, 0.2) is 57.8 Å². The summed E-state index contributed by atoms with van der Waals surface area (Å²) in [7, 11) is 0. The Morgan fingerprint density at radius 1 is 1.07 bits per heavy atom. The lowest BCUT2D eigenvalue weighted by molar-refractivity contribution is 0.0468. The largest absolute Gasteiger partial charge is 0.452 e. The second-order valence-electron chi connectivity index (χ2n) is 6.24. The lowest BCUT2D eigenvalue weighted by atomic mass is 10.1. The molecule has 0 fully saturated rings. The van der Waals surface area contributed by atoms with Gasteiger partial charge < -0.3 is 4.74 Å². The fourth-order valence-corrected chi connectivity index (χ4v) is 2.89. The SMILES string of the molecule is CC(C)n1nc(C(=O)OCC(=O)c2ccc(Br)cc2)c2ccccc2c1=O. The van der Waals surface area contributed by atoms with Gasteiger partial charge in [0, 0.05) is 15.4 Å². The van der Waals surface area contributed by atoms with E-state index in [1.807, 2.05) is 0 Å². The van der Waals surface area contributed by atoms with Crippen molar-refractivity contribution >= 4 is 38.5 Å². The number of carbonyl (C=O) groups is 2. The number of aromatic nitrogens is 2. The van der Waals surface area contributed by atoms with Crippen LogP contribution in [0.25, 0.3) is 10.8 Å². The number of halogens is 1. The highest BCUT2D eigenvalue weighted by atomic mass is 79.9. The number of ketones is 1. The van der Waals surface area contributed by atoms with Crippen molar-refractivity contribution in [1.82, 2.24) is 9.78 Å². The van der Waals surface area contributed by atoms with Crippen LogP contribution in [-0.2, 0) is 4.74 Å². The summed E-state index contributed by atoms with van der Waals surface area (Å²) in [6, 6.07) is 13.3. The average Bonchev–Trinajstić information content (AvgIpc) is 2.66. The van der Waals surface area contributed by atoms with Crippen molar-refractivity contribution in [2.24, 2.45) is 0 Å². The van der Waals surface area contributed by atoms with E-state index in [0.29, 0.717) is 16.3 Å². The fraction of sp³-hybridized carbons (Fsp3) is 0.200. The summed E-state index contributed by atoms with van der Waals surface area (Å²) in [5, 5.41) is 4.96. The topological polar surface area (TPSA) is 78.3 Å². The number of carbonyl (C=O) groups excluding carboxylic acids is 2. The molecule has 0 radical (unpaired) electrons. The number of benzene rings is 2. The molecular formula is C20H17BrN2O4. The highest BCUT2D eigenvalue weighted by Gasteiger charge is 2.20. The zero-order valence-corrected chi connectivity index (χ0v) is 16.4. The molecule has 0 saturated carbocycles. The molecule has 0 aliphatic rings. The molecule has 0 atom stereocenters. The number of hydrogen-bond donors (Lipinski definition) is 0. The van der Waals surface area contributed by atoms with E-state index in [1.165, 1.54) is 4.68 Å². The van der Waals surface area contributed by atoms with Crippen LogP contribution in [0.5, 0.6) is 0 Å². The highest BCUT2D eigenvalue weighted by molar-refractivity contribution is 9.10. The van der Waals surface area contributed by atoms with Gasteiger partial charge in [0.25, 0.3) is 5.56 Å². The zero-order valence-electron chi connectivity index (χ0n) is 14.8. The maximum atomic E-state index is 12.6. The number of Topliss-reactive ketones (excluding diaryl/α,β-unsaturated/α-hetero) is 1. The second-order valence-corrected chi connectivity index (χ2v) is 7.16. The smallest absolute Gasteiger partial charge is 0.359 e. The molecule has 0 bridgehead atoms. The first kappa shape index (κ1) is 19.0. The molecule has 3 aromatic rings. The molecule has 1 heterocycles. The Hall–Kier alpha value is -2.80. The molecule has 3 rings (SSSR count). The van der Waals surface area contributed by atoms with Crippen LogP contribution < -0.4 is 5.56 Å².